The molecule has 2 heterocycles. The fourth-order valence-corrected chi connectivity index (χ4v) is 3.55. The molecule has 2 aromatic rings. The molecule has 0 amide bonds. The van der Waals surface area contributed by atoms with Gasteiger partial charge in [-0.3, -0.25) is 4.90 Å². The van der Waals surface area contributed by atoms with Crippen molar-refractivity contribution in [2.75, 3.05) is 24.6 Å². The van der Waals surface area contributed by atoms with E-state index in [-0.39, 0.29) is 17.3 Å². The zero-order chi connectivity index (χ0) is 14.9. The summed E-state index contributed by atoms with van der Waals surface area (Å²) in [6.07, 6.45) is 1.49. The Kier molecular flexibility index (Phi) is 3.77. The lowest BCUT2D eigenvalue weighted by Crippen LogP contribution is -2.39. The smallest absolute Gasteiger partial charge is 0.209 e. The largest absolute Gasteiger partial charge is 0.439 e. The summed E-state index contributed by atoms with van der Waals surface area (Å²) in [6, 6.07) is 6.35. The number of halogens is 1. The normalized spacial score (nSPS) is 18.7. The van der Waals surface area contributed by atoms with Crippen molar-refractivity contribution in [2.24, 2.45) is 0 Å². The third kappa shape index (κ3) is 3.30. The van der Waals surface area contributed by atoms with Gasteiger partial charge in [-0.2, -0.15) is 0 Å². The zero-order valence-electron chi connectivity index (χ0n) is 11.3. The Morgan fingerprint density at radius 2 is 1.95 bits per heavy atom. The first-order chi connectivity index (χ1) is 10.0. The molecular formula is C14H15FN2O3S. The van der Waals surface area contributed by atoms with Crippen molar-refractivity contribution in [3.8, 4) is 11.3 Å². The van der Waals surface area contributed by atoms with Crippen molar-refractivity contribution in [1.29, 1.82) is 0 Å². The molecule has 1 aliphatic rings. The molecule has 21 heavy (non-hydrogen) atoms. The first-order valence-corrected chi connectivity index (χ1v) is 8.48. The molecule has 0 bridgehead atoms. The average molecular weight is 310 g/mol. The Labute approximate surface area is 122 Å². The van der Waals surface area contributed by atoms with Crippen molar-refractivity contribution in [2.45, 2.75) is 6.54 Å². The Hall–Kier alpha value is -1.73. The maximum Gasteiger partial charge on any atom is 0.209 e. The highest BCUT2D eigenvalue weighted by atomic mass is 32.2. The van der Waals surface area contributed by atoms with Crippen LogP contribution in [-0.4, -0.2) is 42.9 Å². The second kappa shape index (κ2) is 5.57. The fraction of sp³-hybridized carbons (Fsp3) is 0.357. The van der Waals surface area contributed by atoms with Crippen LogP contribution in [0.1, 0.15) is 5.89 Å². The van der Waals surface area contributed by atoms with Crippen molar-refractivity contribution in [1.82, 2.24) is 9.88 Å². The van der Waals surface area contributed by atoms with Gasteiger partial charge in [0.15, 0.2) is 15.6 Å². The lowest BCUT2D eigenvalue weighted by molar-refractivity contribution is 0.258. The molecule has 0 spiro atoms. The van der Waals surface area contributed by atoms with Gasteiger partial charge in [-0.05, 0) is 12.1 Å². The van der Waals surface area contributed by atoms with Crippen molar-refractivity contribution in [3.05, 3.63) is 42.2 Å². The van der Waals surface area contributed by atoms with Gasteiger partial charge in [0.25, 0.3) is 0 Å². The molecule has 1 aromatic carbocycles. The molecule has 0 atom stereocenters. The molecule has 0 N–H and O–H groups in total. The van der Waals surface area contributed by atoms with Gasteiger partial charge >= 0.3 is 0 Å². The van der Waals surface area contributed by atoms with Crippen LogP contribution in [0.3, 0.4) is 0 Å². The van der Waals surface area contributed by atoms with E-state index in [1.807, 2.05) is 4.90 Å². The third-order valence-electron chi connectivity index (χ3n) is 3.49. The minimum atomic E-state index is -2.89. The van der Waals surface area contributed by atoms with Crippen LogP contribution in [0.15, 0.2) is 34.9 Å². The predicted molar refractivity (Wildman–Crippen MR) is 75.8 cm³/mol. The van der Waals surface area contributed by atoms with E-state index in [9.17, 15) is 12.8 Å². The minimum absolute atomic E-state index is 0.161. The summed E-state index contributed by atoms with van der Waals surface area (Å²) >= 11 is 0. The third-order valence-corrected chi connectivity index (χ3v) is 5.10. The summed E-state index contributed by atoms with van der Waals surface area (Å²) in [7, 11) is -2.89. The van der Waals surface area contributed by atoms with Crippen molar-refractivity contribution >= 4 is 9.84 Å². The highest BCUT2D eigenvalue weighted by Crippen LogP contribution is 2.23. The van der Waals surface area contributed by atoms with Crippen LogP contribution in [0.5, 0.6) is 0 Å². The minimum Gasteiger partial charge on any atom is -0.439 e. The number of nitrogens with zero attached hydrogens (tertiary/aromatic N) is 2. The van der Waals surface area contributed by atoms with Gasteiger partial charge in [0, 0.05) is 13.1 Å². The molecule has 7 heteroatoms. The molecule has 1 saturated heterocycles. The number of rotatable bonds is 3. The maximum atomic E-state index is 13.7. The van der Waals surface area contributed by atoms with Crippen LogP contribution in [-0.2, 0) is 16.4 Å². The molecular weight excluding hydrogens is 295 g/mol. The van der Waals surface area contributed by atoms with E-state index in [1.54, 1.807) is 18.2 Å². The number of aromatic nitrogens is 1. The van der Waals surface area contributed by atoms with E-state index in [4.69, 9.17) is 4.42 Å². The molecule has 1 fully saturated rings. The van der Waals surface area contributed by atoms with Gasteiger partial charge in [-0.25, -0.2) is 17.8 Å². The number of hydrogen-bond donors (Lipinski definition) is 0. The lowest BCUT2D eigenvalue weighted by atomic mass is 10.2. The van der Waals surface area contributed by atoms with Crippen LogP contribution in [0.4, 0.5) is 4.39 Å². The second-order valence-electron chi connectivity index (χ2n) is 5.03. The van der Waals surface area contributed by atoms with E-state index in [1.165, 1.54) is 12.3 Å². The second-order valence-corrected chi connectivity index (χ2v) is 7.33. The summed E-state index contributed by atoms with van der Waals surface area (Å²) in [5.74, 6) is 0.812. The summed E-state index contributed by atoms with van der Waals surface area (Å²) < 4.78 is 42.0. The highest BCUT2D eigenvalue weighted by molar-refractivity contribution is 7.91. The lowest BCUT2D eigenvalue weighted by Gasteiger charge is -2.24. The van der Waals surface area contributed by atoms with E-state index in [2.05, 4.69) is 4.98 Å². The van der Waals surface area contributed by atoms with Crippen LogP contribution in [0, 0.1) is 5.82 Å². The summed E-state index contributed by atoms with van der Waals surface area (Å²) in [6.45, 7) is 1.38. The van der Waals surface area contributed by atoms with Gasteiger partial charge in [-0.1, -0.05) is 12.1 Å². The van der Waals surface area contributed by atoms with E-state index >= 15 is 0 Å². The summed E-state index contributed by atoms with van der Waals surface area (Å²) in [4.78, 5) is 6.11. The summed E-state index contributed by atoms with van der Waals surface area (Å²) in [5, 5.41) is 0. The van der Waals surface area contributed by atoms with Crippen LogP contribution < -0.4 is 0 Å². The van der Waals surface area contributed by atoms with Gasteiger partial charge < -0.3 is 4.42 Å². The monoisotopic (exact) mass is 310 g/mol. The number of oxazole rings is 1. The van der Waals surface area contributed by atoms with Crippen LogP contribution >= 0.6 is 0 Å². The molecule has 0 aliphatic carbocycles. The quantitative estimate of drug-likeness (QED) is 0.863. The summed E-state index contributed by atoms with van der Waals surface area (Å²) in [5.41, 5.74) is 0.373. The Bertz CT molecular complexity index is 728. The van der Waals surface area contributed by atoms with Crippen molar-refractivity contribution in [3.63, 3.8) is 0 Å². The molecule has 0 saturated carbocycles. The first kappa shape index (κ1) is 14.2. The molecule has 112 valence electrons. The van der Waals surface area contributed by atoms with Gasteiger partial charge in [0.1, 0.15) is 5.82 Å². The zero-order valence-corrected chi connectivity index (χ0v) is 12.1. The molecule has 1 aromatic heterocycles. The number of hydrogen-bond acceptors (Lipinski definition) is 5. The van der Waals surface area contributed by atoms with Crippen LogP contribution in [0.2, 0.25) is 0 Å². The Morgan fingerprint density at radius 3 is 2.67 bits per heavy atom. The predicted octanol–water partition coefficient (Wildman–Crippen LogP) is 1.71. The Balaban J connectivity index is 1.70. The Morgan fingerprint density at radius 1 is 1.24 bits per heavy atom. The van der Waals surface area contributed by atoms with Gasteiger partial charge in [0.2, 0.25) is 5.89 Å². The molecule has 3 rings (SSSR count). The topological polar surface area (TPSA) is 63.4 Å². The molecule has 5 nitrogen and oxygen atoms in total. The van der Waals surface area contributed by atoms with E-state index in [0.717, 1.165) is 0 Å². The van der Waals surface area contributed by atoms with E-state index < -0.39 is 9.84 Å². The van der Waals surface area contributed by atoms with E-state index in [0.29, 0.717) is 36.8 Å². The average Bonchev–Trinajstić information content (AvgIpc) is 2.90. The van der Waals surface area contributed by atoms with Crippen LogP contribution in [0.25, 0.3) is 11.3 Å². The number of benzene rings is 1. The standard InChI is InChI=1S/C14H15FN2O3S/c15-12-4-2-1-3-11(12)13-9-16-14(20-13)10-17-5-7-21(18,19)8-6-17/h1-4,9H,5-8,10H2. The molecule has 0 unspecified atom stereocenters. The van der Waals surface area contributed by atoms with Crippen molar-refractivity contribution < 1.29 is 17.2 Å². The van der Waals surface area contributed by atoms with Gasteiger partial charge in [-0.15, -0.1) is 0 Å². The highest BCUT2D eigenvalue weighted by Gasteiger charge is 2.22. The molecule has 1 aliphatic heterocycles. The maximum absolute atomic E-state index is 13.7. The SMILES string of the molecule is O=S1(=O)CCN(Cc2ncc(-c3ccccc3F)o2)CC1. The first-order valence-electron chi connectivity index (χ1n) is 6.66. The molecule has 0 radical (unpaired) electrons. The van der Waals surface area contributed by atoms with Gasteiger partial charge in [0.05, 0.1) is 29.8 Å². The fourth-order valence-electron chi connectivity index (χ4n) is 2.27. The number of sulfone groups is 1.